The minimum Gasteiger partial charge on any atom is -0.481 e. The lowest BCUT2D eigenvalue weighted by Gasteiger charge is -2.18. The molecule has 0 aliphatic carbocycles. The van der Waals surface area contributed by atoms with Crippen LogP contribution >= 0.6 is 11.3 Å². The zero-order valence-corrected chi connectivity index (χ0v) is 16.6. The smallest absolute Gasteiger partial charge is 0.216 e. The van der Waals surface area contributed by atoms with Crippen LogP contribution in [0.4, 0.5) is 4.39 Å². The summed E-state index contributed by atoms with van der Waals surface area (Å²) in [7, 11) is 1.67. The number of ether oxygens (including phenoxy) is 1. The van der Waals surface area contributed by atoms with Gasteiger partial charge < -0.3 is 4.74 Å². The molecule has 3 nitrogen and oxygen atoms in total. The van der Waals surface area contributed by atoms with Crippen LogP contribution in [-0.2, 0) is 6.42 Å². The van der Waals surface area contributed by atoms with Crippen molar-refractivity contribution in [1.29, 1.82) is 0 Å². The lowest BCUT2D eigenvalue weighted by Crippen LogP contribution is -2.23. The largest absolute Gasteiger partial charge is 0.481 e. The van der Waals surface area contributed by atoms with Gasteiger partial charge in [0.15, 0.2) is 0 Å². The predicted molar refractivity (Wildman–Crippen MR) is 110 cm³/mol. The first-order valence-corrected chi connectivity index (χ1v) is 10.3. The molecule has 0 saturated carbocycles. The van der Waals surface area contributed by atoms with Crippen molar-refractivity contribution in [2.75, 3.05) is 26.7 Å². The third kappa shape index (κ3) is 3.71. The van der Waals surface area contributed by atoms with E-state index < -0.39 is 6.17 Å². The highest BCUT2D eigenvalue weighted by Crippen LogP contribution is 2.41. The molecule has 5 heteroatoms. The van der Waals surface area contributed by atoms with E-state index in [2.05, 4.69) is 47.1 Å². The number of nitrogens with zero attached hydrogens (tertiary/aromatic N) is 2. The maximum Gasteiger partial charge on any atom is 0.216 e. The number of thiophene rings is 1. The number of likely N-dealkylation sites (tertiary alicyclic amines) is 1. The lowest BCUT2D eigenvalue weighted by atomic mass is 9.90. The zero-order chi connectivity index (χ0) is 18.8. The molecule has 0 bridgehead atoms. The van der Waals surface area contributed by atoms with E-state index in [-0.39, 0.29) is 5.92 Å². The van der Waals surface area contributed by atoms with Crippen molar-refractivity contribution in [3.05, 3.63) is 58.6 Å². The van der Waals surface area contributed by atoms with Crippen molar-refractivity contribution < 1.29 is 9.13 Å². The summed E-state index contributed by atoms with van der Waals surface area (Å²) in [6.45, 7) is 4.59. The molecule has 1 aliphatic heterocycles. The summed E-state index contributed by atoms with van der Waals surface area (Å²) in [5.41, 5.74) is 2.47. The Morgan fingerprint density at radius 2 is 2.15 bits per heavy atom. The Labute approximate surface area is 163 Å². The molecule has 1 aliphatic rings. The van der Waals surface area contributed by atoms with E-state index in [0.29, 0.717) is 18.8 Å². The fourth-order valence-electron chi connectivity index (χ4n) is 4.08. The van der Waals surface area contributed by atoms with Gasteiger partial charge in [0, 0.05) is 46.9 Å². The number of rotatable bonds is 6. The van der Waals surface area contributed by atoms with E-state index in [9.17, 15) is 4.39 Å². The Morgan fingerprint density at radius 3 is 2.93 bits per heavy atom. The zero-order valence-electron chi connectivity index (χ0n) is 15.8. The molecule has 0 spiro atoms. The van der Waals surface area contributed by atoms with Crippen molar-refractivity contribution >= 4 is 21.4 Å². The summed E-state index contributed by atoms with van der Waals surface area (Å²) < 4.78 is 20.3. The molecule has 0 N–H and O–H groups in total. The SMILES string of the molecule is COc1ncccc1[C@H](C)c1c(CCN2CCC(F)C2)sc2ccccc12. The molecular weight excluding hydrogens is 359 g/mol. The van der Waals surface area contributed by atoms with Crippen LogP contribution in [0.3, 0.4) is 0 Å². The standard InChI is InChI=1S/C22H25FN2OS/c1-15(17-7-5-11-24-22(17)26-2)21-18-6-3-4-8-19(18)27-20(21)10-13-25-12-9-16(23)14-25/h3-8,11,15-16H,9-10,12-14H2,1-2H3/t15-,16?/m0/s1. The fraction of sp³-hybridized carbons (Fsp3) is 0.409. The minimum absolute atomic E-state index is 0.187. The van der Waals surface area contributed by atoms with Gasteiger partial charge in [0.05, 0.1) is 7.11 Å². The third-order valence-corrected chi connectivity index (χ3v) is 6.72. The van der Waals surface area contributed by atoms with E-state index in [1.54, 1.807) is 13.3 Å². The average molecular weight is 385 g/mol. The summed E-state index contributed by atoms with van der Waals surface area (Å²) >= 11 is 1.86. The van der Waals surface area contributed by atoms with Crippen LogP contribution < -0.4 is 4.74 Å². The fourth-order valence-corrected chi connectivity index (χ4v) is 5.37. The molecule has 1 saturated heterocycles. The molecule has 2 aromatic heterocycles. The molecule has 3 aromatic rings. The number of halogens is 1. The molecule has 1 fully saturated rings. The molecule has 142 valence electrons. The Kier molecular flexibility index (Phi) is 5.41. The van der Waals surface area contributed by atoms with Crippen LogP contribution in [-0.4, -0.2) is 42.8 Å². The van der Waals surface area contributed by atoms with Gasteiger partial charge in [0.2, 0.25) is 5.88 Å². The normalized spacial score (nSPS) is 18.9. The second kappa shape index (κ2) is 7.95. The molecule has 0 amide bonds. The van der Waals surface area contributed by atoms with E-state index in [0.717, 1.165) is 25.1 Å². The van der Waals surface area contributed by atoms with Gasteiger partial charge in [0.1, 0.15) is 6.17 Å². The quantitative estimate of drug-likeness (QED) is 0.595. The van der Waals surface area contributed by atoms with Crippen LogP contribution in [0.15, 0.2) is 42.6 Å². The van der Waals surface area contributed by atoms with Crippen molar-refractivity contribution in [2.24, 2.45) is 0 Å². The number of aromatic nitrogens is 1. The molecule has 0 radical (unpaired) electrons. The molecule has 3 heterocycles. The van der Waals surface area contributed by atoms with E-state index >= 15 is 0 Å². The Balaban J connectivity index is 1.69. The van der Waals surface area contributed by atoms with Gasteiger partial charge in [-0.3, -0.25) is 4.90 Å². The van der Waals surface area contributed by atoms with Gasteiger partial charge in [-0.25, -0.2) is 9.37 Å². The number of alkyl halides is 1. The van der Waals surface area contributed by atoms with Crippen LogP contribution in [0, 0.1) is 0 Å². The van der Waals surface area contributed by atoms with Crippen LogP contribution in [0.25, 0.3) is 10.1 Å². The molecule has 4 rings (SSSR count). The Hall–Kier alpha value is -1.98. The molecular formula is C22H25FN2OS. The second-order valence-corrected chi connectivity index (χ2v) is 8.33. The summed E-state index contributed by atoms with van der Waals surface area (Å²) in [5, 5.41) is 1.31. The van der Waals surface area contributed by atoms with Gasteiger partial charge in [0.25, 0.3) is 0 Å². The maximum atomic E-state index is 13.5. The summed E-state index contributed by atoms with van der Waals surface area (Å²) in [4.78, 5) is 8.02. The third-order valence-electron chi connectivity index (χ3n) is 5.47. The molecule has 27 heavy (non-hydrogen) atoms. The van der Waals surface area contributed by atoms with Gasteiger partial charge >= 0.3 is 0 Å². The van der Waals surface area contributed by atoms with Crippen molar-refractivity contribution in [1.82, 2.24) is 9.88 Å². The number of benzene rings is 1. The highest BCUT2D eigenvalue weighted by molar-refractivity contribution is 7.19. The maximum absolute atomic E-state index is 13.5. The van der Waals surface area contributed by atoms with E-state index in [1.165, 1.54) is 20.5 Å². The number of hydrogen-bond acceptors (Lipinski definition) is 4. The summed E-state index contributed by atoms with van der Waals surface area (Å²) in [6.07, 6.45) is 2.73. The van der Waals surface area contributed by atoms with Crippen molar-refractivity contribution in [2.45, 2.75) is 31.9 Å². The summed E-state index contributed by atoms with van der Waals surface area (Å²) in [5.74, 6) is 0.873. The topological polar surface area (TPSA) is 25.4 Å². The van der Waals surface area contributed by atoms with E-state index in [4.69, 9.17) is 4.74 Å². The second-order valence-electron chi connectivity index (χ2n) is 7.20. The Morgan fingerprint density at radius 1 is 1.30 bits per heavy atom. The number of hydrogen-bond donors (Lipinski definition) is 0. The van der Waals surface area contributed by atoms with Crippen LogP contribution in [0.1, 0.15) is 35.3 Å². The van der Waals surface area contributed by atoms with E-state index in [1.807, 2.05) is 17.4 Å². The van der Waals surface area contributed by atoms with Crippen molar-refractivity contribution in [3.8, 4) is 5.88 Å². The lowest BCUT2D eigenvalue weighted by molar-refractivity contribution is 0.290. The average Bonchev–Trinajstić information content (AvgIpc) is 3.28. The molecule has 1 unspecified atom stereocenters. The Bertz CT molecular complexity index is 926. The minimum atomic E-state index is -0.662. The first-order chi connectivity index (χ1) is 13.2. The first-order valence-electron chi connectivity index (χ1n) is 9.53. The first kappa shape index (κ1) is 18.4. The van der Waals surface area contributed by atoms with Gasteiger partial charge in [-0.1, -0.05) is 31.2 Å². The number of methoxy groups -OCH3 is 1. The highest BCUT2D eigenvalue weighted by Gasteiger charge is 2.24. The van der Waals surface area contributed by atoms with Gasteiger partial charge in [-0.15, -0.1) is 11.3 Å². The predicted octanol–water partition coefficient (Wildman–Crippen LogP) is 5.04. The number of fused-ring (bicyclic) bond motifs is 1. The number of pyridine rings is 1. The van der Waals surface area contributed by atoms with Crippen molar-refractivity contribution in [3.63, 3.8) is 0 Å². The molecule has 2 atom stereocenters. The molecule has 1 aromatic carbocycles. The van der Waals surface area contributed by atoms with Gasteiger partial charge in [-0.2, -0.15) is 0 Å². The summed E-state index contributed by atoms with van der Waals surface area (Å²) in [6, 6.07) is 12.7. The van der Waals surface area contributed by atoms with Gasteiger partial charge in [-0.05, 0) is 35.9 Å². The monoisotopic (exact) mass is 384 g/mol. The highest BCUT2D eigenvalue weighted by atomic mass is 32.1. The van der Waals surface area contributed by atoms with Crippen LogP contribution in [0.2, 0.25) is 0 Å². The van der Waals surface area contributed by atoms with Crippen LogP contribution in [0.5, 0.6) is 5.88 Å².